The quantitative estimate of drug-likeness (QED) is 0.794. The highest BCUT2D eigenvalue weighted by atomic mass is 16.4. The molecule has 0 radical (unpaired) electrons. The Balaban J connectivity index is 1.95. The monoisotopic (exact) mass is 266 g/mol. The topological polar surface area (TPSA) is 92.7 Å². The molecule has 7 heteroatoms. The van der Waals surface area contributed by atoms with Crippen LogP contribution in [0.1, 0.15) is 23.4 Å². The number of carbonyl (C=O) groups is 2. The van der Waals surface area contributed by atoms with E-state index in [1.54, 1.807) is 9.80 Å². The van der Waals surface area contributed by atoms with Crippen molar-refractivity contribution in [2.45, 2.75) is 13.3 Å². The van der Waals surface area contributed by atoms with Crippen LogP contribution in [0.4, 0.5) is 0 Å². The van der Waals surface area contributed by atoms with Gasteiger partial charge in [-0.05, 0) is 0 Å². The first kappa shape index (κ1) is 13.5. The van der Waals surface area contributed by atoms with Crippen LogP contribution < -0.4 is 5.73 Å². The third-order valence-electron chi connectivity index (χ3n) is 3.13. The summed E-state index contributed by atoms with van der Waals surface area (Å²) in [7, 11) is 0. The van der Waals surface area contributed by atoms with Gasteiger partial charge in [-0.25, -0.2) is 4.98 Å². The molecule has 2 rings (SSSR count). The van der Waals surface area contributed by atoms with Crippen molar-refractivity contribution in [2.75, 3.05) is 32.7 Å². The predicted molar refractivity (Wildman–Crippen MR) is 67.4 cm³/mol. The van der Waals surface area contributed by atoms with Gasteiger partial charge in [0.25, 0.3) is 5.91 Å². The fourth-order valence-corrected chi connectivity index (χ4v) is 2.03. The molecule has 1 saturated heterocycles. The smallest absolute Gasteiger partial charge is 0.291 e. The summed E-state index contributed by atoms with van der Waals surface area (Å²) < 4.78 is 5.35. The molecule has 2 amide bonds. The molecule has 1 aromatic rings. The van der Waals surface area contributed by atoms with E-state index in [4.69, 9.17) is 10.2 Å². The number of amides is 2. The van der Waals surface area contributed by atoms with Crippen LogP contribution in [0.3, 0.4) is 0 Å². The van der Waals surface area contributed by atoms with Gasteiger partial charge in [0.05, 0.1) is 6.20 Å². The number of rotatable bonds is 3. The molecule has 0 bridgehead atoms. The summed E-state index contributed by atoms with van der Waals surface area (Å²) in [5.41, 5.74) is 5.40. The first-order chi connectivity index (χ1) is 9.11. The third kappa shape index (κ3) is 3.11. The summed E-state index contributed by atoms with van der Waals surface area (Å²) in [5.74, 6) is 0.573. The minimum Gasteiger partial charge on any atom is -0.435 e. The van der Waals surface area contributed by atoms with Crippen LogP contribution in [-0.2, 0) is 11.2 Å². The largest absolute Gasteiger partial charge is 0.435 e. The van der Waals surface area contributed by atoms with Crippen molar-refractivity contribution in [3.63, 3.8) is 0 Å². The Bertz CT molecular complexity index is 463. The van der Waals surface area contributed by atoms with E-state index in [1.807, 2.05) is 0 Å². The van der Waals surface area contributed by atoms with Crippen molar-refractivity contribution in [1.82, 2.24) is 14.8 Å². The Morgan fingerprint density at radius 2 is 1.95 bits per heavy atom. The van der Waals surface area contributed by atoms with E-state index in [9.17, 15) is 9.59 Å². The number of oxazole rings is 1. The molecule has 2 heterocycles. The van der Waals surface area contributed by atoms with Crippen LogP contribution in [0.15, 0.2) is 10.6 Å². The average Bonchev–Trinajstić information content (AvgIpc) is 2.87. The fourth-order valence-electron chi connectivity index (χ4n) is 2.03. The lowest BCUT2D eigenvalue weighted by molar-refractivity contribution is -0.130. The second-order valence-electron chi connectivity index (χ2n) is 4.46. The van der Waals surface area contributed by atoms with Gasteiger partial charge in [-0.2, -0.15) is 0 Å². The maximum atomic E-state index is 12.2. The molecule has 1 aliphatic rings. The minimum absolute atomic E-state index is 0.0389. The minimum atomic E-state index is -0.182. The lowest BCUT2D eigenvalue weighted by Gasteiger charge is -2.33. The van der Waals surface area contributed by atoms with Gasteiger partial charge in [-0.1, -0.05) is 0 Å². The van der Waals surface area contributed by atoms with Crippen molar-refractivity contribution in [3.8, 4) is 0 Å². The van der Waals surface area contributed by atoms with E-state index in [0.29, 0.717) is 45.0 Å². The first-order valence-corrected chi connectivity index (χ1v) is 6.31. The summed E-state index contributed by atoms with van der Waals surface area (Å²) in [6.07, 6.45) is 1.95. The summed E-state index contributed by atoms with van der Waals surface area (Å²) >= 11 is 0. The zero-order chi connectivity index (χ0) is 13.8. The second-order valence-corrected chi connectivity index (χ2v) is 4.46. The highest BCUT2D eigenvalue weighted by Crippen LogP contribution is 2.10. The van der Waals surface area contributed by atoms with Gasteiger partial charge in [0.2, 0.25) is 11.7 Å². The van der Waals surface area contributed by atoms with Gasteiger partial charge in [0.15, 0.2) is 5.89 Å². The number of piperazine rings is 1. The number of hydrogen-bond donors (Lipinski definition) is 1. The fraction of sp³-hybridized carbons (Fsp3) is 0.583. The maximum absolute atomic E-state index is 12.2. The predicted octanol–water partition coefficient (Wildman–Crippen LogP) is -0.520. The van der Waals surface area contributed by atoms with E-state index in [0.717, 1.165) is 0 Å². The van der Waals surface area contributed by atoms with Crippen molar-refractivity contribution >= 4 is 11.8 Å². The summed E-state index contributed by atoms with van der Waals surface area (Å²) in [6.45, 7) is 4.13. The molecule has 2 N–H and O–H groups in total. The summed E-state index contributed by atoms with van der Waals surface area (Å²) in [5, 5.41) is 0. The summed E-state index contributed by atoms with van der Waals surface area (Å²) in [6, 6.07) is 0. The second kappa shape index (κ2) is 5.83. The van der Waals surface area contributed by atoms with E-state index >= 15 is 0 Å². The summed E-state index contributed by atoms with van der Waals surface area (Å²) in [4.78, 5) is 30.8. The molecule has 0 aromatic carbocycles. The van der Waals surface area contributed by atoms with E-state index < -0.39 is 0 Å². The van der Waals surface area contributed by atoms with Gasteiger partial charge in [0.1, 0.15) is 0 Å². The zero-order valence-corrected chi connectivity index (χ0v) is 11.0. The van der Waals surface area contributed by atoms with Crippen LogP contribution in [0.25, 0.3) is 0 Å². The van der Waals surface area contributed by atoms with Gasteiger partial charge in [0, 0.05) is 46.1 Å². The molecule has 1 fully saturated rings. The Morgan fingerprint density at radius 1 is 1.32 bits per heavy atom. The molecule has 104 valence electrons. The highest BCUT2D eigenvalue weighted by Gasteiger charge is 2.25. The zero-order valence-electron chi connectivity index (χ0n) is 11.0. The molecule has 0 aliphatic carbocycles. The molecule has 0 atom stereocenters. The lowest BCUT2D eigenvalue weighted by Crippen LogP contribution is -2.50. The number of aromatic nitrogens is 1. The molecule has 0 saturated carbocycles. The van der Waals surface area contributed by atoms with E-state index in [-0.39, 0.29) is 17.6 Å². The Labute approximate surface area is 111 Å². The molecule has 0 unspecified atom stereocenters. The first-order valence-electron chi connectivity index (χ1n) is 6.31. The average molecular weight is 266 g/mol. The molecular formula is C12H18N4O3. The normalized spacial score (nSPS) is 15.7. The van der Waals surface area contributed by atoms with Crippen LogP contribution >= 0.6 is 0 Å². The molecule has 7 nitrogen and oxygen atoms in total. The van der Waals surface area contributed by atoms with Crippen molar-refractivity contribution in [3.05, 3.63) is 17.8 Å². The number of nitrogens with zero attached hydrogens (tertiary/aromatic N) is 3. The van der Waals surface area contributed by atoms with Crippen LogP contribution in [0, 0.1) is 0 Å². The number of carbonyl (C=O) groups excluding carboxylic acids is 2. The Hall–Kier alpha value is -1.89. The van der Waals surface area contributed by atoms with E-state index in [1.165, 1.54) is 13.1 Å². The van der Waals surface area contributed by atoms with Gasteiger partial charge < -0.3 is 20.0 Å². The molecule has 19 heavy (non-hydrogen) atoms. The highest BCUT2D eigenvalue weighted by molar-refractivity contribution is 5.91. The molecule has 0 spiro atoms. The number of hydrogen-bond acceptors (Lipinski definition) is 5. The van der Waals surface area contributed by atoms with Crippen molar-refractivity contribution < 1.29 is 14.0 Å². The molecule has 1 aliphatic heterocycles. The third-order valence-corrected chi connectivity index (χ3v) is 3.13. The van der Waals surface area contributed by atoms with Crippen LogP contribution in [0.2, 0.25) is 0 Å². The van der Waals surface area contributed by atoms with E-state index in [2.05, 4.69) is 4.98 Å². The number of nitrogens with two attached hydrogens (primary N) is 1. The Kier molecular flexibility index (Phi) is 4.16. The van der Waals surface area contributed by atoms with Gasteiger partial charge >= 0.3 is 0 Å². The SMILES string of the molecule is CC(=O)N1CCN(C(=O)c2cnc(CCN)o2)CC1. The Morgan fingerprint density at radius 3 is 2.53 bits per heavy atom. The molecular weight excluding hydrogens is 248 g/mol. The van der Waals surface area contributed by atoms with Crippen LogP contribution in [-0.4, -0.2) is 59.3 Å². The lowest BCUT2D eigenvalue weighted by atomic mass is 10.3. The van der Waals surface area contributed by atoms with Gasteiger partial charge in [-0.3, -0.25) is 9.59 Å². The van der Waals surface area contributed by atoms with Crippen molar-refractivity contribution in [2.24, 2.45) is 5.73 Å². The van der Waals surface area contributed by atoms with Crippen molar-refractivity contribution in [1.29, 1.82) is 0 Å². The standard InChI is InChI=1S/C12H18N4O3/c1-9(17)15-4-6-16(7-5-15)12(18)10-8-14-11(19-10)2-3-13/h8H,2-7,13H2,1H3. The maximum Gasteiger partial charge on any atom is 0.291 e. The van der Waals surface area contributed by atoms with Gasteiger partial charge in [-0.15, -0.1) is 0 Å². The molecule has 1 aromatic heterocycles. The van der Waals surface area contributed by atoms with Crippen LogP contribution in [0.5, 0.6) is 0 Å².